The molecular formula is C14H15F2N3O. The first-order valence-corrected chi connectivity index (χ1v) is 6.41. The molecular weight excluding hydrogens is 264 g/mol. The van der Waals surface area contributed by atoms with Gasteiger partial charge in [0.05, 0.1) is 19.0 Å². The molecule has 4 nitrogen and oxygen atoms in total. The van der Waals surface area contributed by atoms with Crippen molar-refractivity contribution in [1.29, 1.82) is 5.26 Å². The predicted octanol–water partition coefficient (Wildman–Crippen LogP) is 1.18. The third-order valence-corrected chi connectivity index (χ3v) is 3.36. The number of benzene rings is 1. The van der Waals surface area contributed by atoms with E-state index < -0.39 is 11.6 Å². The number of nitrogens with zero attached hydrogens (tertiary/aromatic N) is 3. The van der Waals surface area contributed by atoms with E-state index >= 15 is 0 Å². The van der Waals surface area contributed by atoms with E-state index in [4.69, 9.17) is 5.26 Å². The molecule has 0 aliphatic carbocycles. The van der Waals surface area contributed by atoms with Crippen LogP contribution in [0.2, 0.25) is 0 Å². The Balaban J connectivity index is 1.89. The van der Waals surface area contributed by atoms with Crippen molar-refractivity contribution in [2.24, 2.45) is 0 Å². The molecule has 0 saturated carbocycles. The van der Waals surface area contributed by atoms with Crippen LogP contribution in [0.5, 0.6) is 0 Å². The number of carbonyl (C=O) groups is 1. The fourth-order valence-corrected chi connectivity index (χ4v) is 2.19. The van der Waals surface area contributed by atoms with Gasteiger partial charge >= 0.3 is 0 Å². The Bertz CT molecular complexity index is 534. The molecule has 1 amide bonds. The van der Waals surface area contributed by atoms with Crippen molar-refractivity contribution in [3.63, 3.8) is 0 Å². The van der Waals surface area contributed by atoms with Crippen LogP contribution < -0.4 is 0 Å². The fraction of sp³-hybridized carbons (Fsp3) is 0.429. The van der Waals surface area contributed by atoms with E-state index in [0.29, 0.717) is 38.3 Å². The summed E-state index contributed by atoms with van der Waals surface area (Å²) in [7, 11) is 0. The lowest BCUT2D eigenvalue weighted by atomic mass is 10.1. The Hall–Kier alpha value is -2.00. The molecule has 0 aromatic heterocycles. The summed E-state index contributed by atoms with van der Waals surface area (Å²) in [6.07, 6.45) is 0.0649. The van der Waals surface area contributed by atoms with E-state index in [2.05, 4.69) is 6.07 Å². The zero-order chi connectivity index (χ0) is 14.5. The Kier molecular flexibility index (Phi) is 4.64. The SMILES string of the molecule is N#CCN1CCN(C(=O)Cc2ccc(F)c(F)c2)CC1. The van der Waals surface area contributed by atoms with Gasteiger partial charge in [0, 0.05) is 26.2 Å². The monoisotopic (exact) mass is 279 g/mol. The summed E-state index contributed by atoms with van der Waals surface area (Å²) in [4.78, 5) is 15.7. The number of amides is 1. The molecule has 6 heteroatoms. The summed E-state index contributed by atoms with van der Waals surface area (Å²) in [5.41, 5.74) is 0.466. The quantitative estimate of drug-likeness (QED) is 0.780. The molecule has 0 bridgehead atoms. The van der Waals surface area contributed by atoms with Gasteiger partial charge in [-0.2, -0.15) is 5.26 Å². The first kappa shape index (κ1) is 14.4. The highest BCUT2D eigenvalue weighted by Gasteiger charge is 2.21. The second-order valence-corrected chi connectivity index (χ2v) is 4.74. The molecule has 0 radical (unpaired) electrons. The molecule has 1 saturated heterocycles. The molecule has 1 aliphatic rings. The van der Waals surface area contributed by atoms with Gasteiger partial charge in [0.25, 0.3) is 0 Å². The standard InChI is InChI=1S/C14H15F2N3O/c15-12-2-1-11(9-13(12)16)10-14(20)19-7-5-18(4-3-17)6-8-19/h1-2,9H,4-8,10H2. The van der Waals surface area contributed by atoms with Crippen LogP contribution in [0.25, 0.3) is 0 Å². The van der Waals surface area contributed by atoms with E-state index in [0.717, 1.165) is 12.1 Å². The summed E-state index contributed by atoms with van der Waals surface area (Å²) < 4.78 is 25.9. The van der Waals surface area contributed by atoms with Crippen LogP contribution in [0.3, 0.4) is 0 Å². The molecule has 106 valence electrons. The van der Waals surface area contributed by atoms with Gasteiger partial charge in [-0.1, -0.05) is 6.07 Å². The second-order valence-electron chi connectivity index (χ2n) is 4.74. The third kappa shape index (κ3) is 3.52. The molecule has 1 aromatic carbocycles. The van der Waals surface area contributed by atoms with Gasteiger partial charge in [0.15, 0.2) is 11.6 Å². The molecule has 1 heterocycles. The van der Waals surface area contributed by atoms with Crippen LogP contribution >= 0.6 is 0 Å². The normalized spacial score (nSPS) is 15.9. The van der Waals surface area contributed by atoms with Crippen molar-refractivity contribution in [3.05, 3.63) is 35.4 Å². The van der Waals surface area contributed by atoms with Crippen LogP contribution in [0, 0.1) is 23.0 Å². The van der Waals surface area contributed by atoms with E-state index in [1.807, 2.05) is 4.90 Å². The molecule has 1 aromatic rings. The van der Waals surface area contributed by atoms with Crippen molar-refractivity contribution in [2.75, 3.05) is 32.7 Å². The lowest BCUT2D eigenvalue weighted by Gasteiger charge is -2.33. The maximum absolute atomic E-state index is 13.1. The molecule has 2 rings (SSSR count). The van der Waals surface area contributed by atoms with Crippen LogP contribution in [-0.2, 0) is 11.2 Å². The zero-order valence-corrected chi connectivity index (χ0v) is 11.0. The van der Waals surface area contributed by atoms with Crippen molar-refractivity contribution in [3.8, 4) is 6.07 Å². The highest BCUT2D eigenvalue weighted by atomic mass is 19.2. The first-order valence-electron chi connectivity index (χ1n) is 6.41. The van der Waals surface area contributed by atoms with Gasteiger partial charge in [-0.15, -0.1) is 0 Å². The molecule has 0 atom stereocenters. The topological polar surface area (TPSA) is 47.3 Å². The zero-order valence-electron chi connectivity index (χ0n) is 11.0. The highest BCUT2D eigenvalue weighted by Crippen LogP contribution is 2.11. The highest BCUT2D eigenvalue weighted by molar-refractivity contribution is 5.78. The lowest BCUT2D eigenvalue weighted by molar-refractivity contribution is -0.132. The summed E-state index contributed by atoms with van der Waals surface area (Å²) in [5.74, 6) is -1.95. The Labute approximate surface area is 116 Å². The fourth-order valence-electron chi connectivity index (χ4n) is 2.19. The minimum Gasteiger partial charge on any atom is -0.340 e. The Morgan fingerprint density at radius 2 is 1.90 bits per heavy atom. The van der Waals surface area contributed by atoms with Crippen molar-refractivity contribution < 1.29 is 13.6 Å². The van der Waals surface area contributed by atoms with E-state index in [1.54, 1.807) is 4.90 Å². The maximum Gasteiger partial charge on any atom is 0.227 e. The number of halogens is 2. The average Bonchev–Trinajstić information content (AvgIpc) is 2.44. The second kappa shape index (κ2) is 6.44. The van der Waals surface area contributed by atoms with Gasteiger partial charge in [0.2, 0.25) is 5.91 Å². The molecule has 20 heavy (non-hydrogen) atoms. The number of rotatable bonds is 3. The molecule has 0 spiro atoms. The van der Waals surface area contributed by atoms with Gasteiger partial charge in [-0.25, -0.2) is 8.78 Å². The van der Waals surface area contributed by atoms with Gasteiger partial charge in [-0.05, 0) is 17.7 Å². The van der Waals surface area contributed by atoms with Crippen molar-refractivity contribution >= 4 is 5.91 Å². The van der Waals surface area contributed by atoms with Gasteiger partial charge in [0.1, 0.15) is 0 Å². The Morgan fingerprint density at radius 1 is 1.20 bits per heavy atom. The number of piperazine rings is 1. The lowest BCUT2D eigenvalue weighted by Crippen LogP contribution is -2.49. The maximum atomic E-state index is 13.1. The van der Waals surface area contributed by atoms with E-state index in [-0.39, 0.29) is 12.3 Å². The molecule has 0 unspecified atom stereocenters. The first-order chi connectivity index (χ1) is 9.60. The molecule has 0 N–H and O–H groups in total. The van der Waals surface area contributed by atoms with E-state index in [9.17, 15) is 13.6 Å². The number of carbonyl (C=O) groups excluding carboxylic acids is 1. The number of hydrogen-bond acceptors (Lipinski definition) is 3. The van der Waals surface area contributed by atoms with Crippen LogP contribution in [-0.4, -0.2) is 48.4 Å². The van der Waals surface area contributed by atoms with Crippen LogP contribution in [0.15, 0.2) is 18.2 Å². The molecule has 1 fully saturated rings. The third-order valence-electron chi connectivity index (χ3n) is 3.36. The van der Waals surface area contributed by atoms with Crippen molar-refractivity contribution in [1.82, 2.24) is 9.80 Å². The van der Waals surface area contributed by atoms with Gasteiger partial charge in [-0.3, -0.25) is 9.69 Å². The van der Waals surface area contributed by atoms with E-state index in [1.165, 1.54) is 6.07 Å². The largest absolute Gasteiger partial charge is 0.340 e. The number of nitriles is 1. The molecule has 1 aliphatic heterocycles. The Morgan fingerprint density at radius 3 is 2.50 bits per heavy atom. The minimum absolute atomic E-state index is 0.0649. The summed E-state index contributed by atoms with van der Waals surface area (Å²) >= 11 is 0. The predicted molar refractivity (Wildman–Crippen MR) is 68.7 cm³/mol. The van der Waals surface area contributed by atoms with Crippen molar-refractivity contribution in [2.45, 2.75) is 6.42 Å². The summed E-state index contributed by atoms with van der Waals surface area (Å²) in [5, 5.41) is 8.60. The van der Waals surface area contributed by atoms with Crippen LogP contribution in [0.4, 0.5) is 8.78 Å². The van der Waals surface area contributed by atoms with Crippen LogP contribution in [0.1, 0.15) is 5.56 Å². The number of hydrogen-bond donors (Lipinski definition) is 0. The smallest absolute Gasteiger partial charge is 0.227 e. The summed E-state index contributed by atoms with van der Waals surface area (Å²) in [6, 6.07) is 5.58. The average molecular weight is 279 g/mol. The minimum atomic E-state index is -0.936. The van der Waals surface area contributed by atoms with Gasteiger partial charge < -0.3 is 4.90 Å². The summed E-state index contributed by atoms with van der Waals surface area (Å²) in [6.45, 7) is 2.81.